The van der Waals surface area contributed by atoms with Crippen LogP contribution < -0.4 is 0 Å². The highest BCUT2D eigenvalue weighted by Crippen LogP contribution is 2.64. The summed E-state index contributed by atoms with van der Waals surface area (Å²) in [6.07, 6.45) is 11.0. The standard InChI is InChI=1S/C60H49N/c1-6-8-34-55(61-59(45-27-13-12-22-40(45)5)44-26-20-25-42(37-44)41-23-10-9-11-24-41)50-38-43-35-36-54-58(57(43)49(21-7-2)56(50)39(3)4)48-30-16-19-33-53(48)60(54)51-31-17-14-28-46(51)47-29-15-18-32-52(47)60/h6-39H,1-5H3/b8-6-,21-7-,55-34+,61-59?. The van der Waals surface area contributed by atoms with Crippen molar-refractivity contribution >= 4 is 28.3 Å². The molecule has 0 amide bonds. The largest absolute Gasteiger partial charge is 0.247 e. The molecule has 294 valence electrons. The van der Waals surface area contributed by atoms with Gasteiger partial charge in [0.2, 0.25) is 0 Å². The van der Waals surface area contributed by atoms with Crippen molar-refractivity contribution in [2.45, 2.75) is 46.0 Å². The SMILES string of the molecule is C/C=C\C=C(\N=C(c1cccc(-c2ccccc2)c1)c1ccccc1C)c1cc2ccc3c(c2c(/C=C\C)c1C(C)C)-c1ccccc1C31c2ccccc2-c2ccccc21. The second kappa shape index (κ2) is 15.5. The number of nitrogens with zero attached hydrogens (tertiary/aromatic N) is 1. The maximum Gasteiger partial charge on any atom is 0.0784 e. The predicted molar refractivity (Wildman–Crippen MR) is 261 cm³/mol. The lowest BCUT2D eigenvalue weighted by molar-refractivity contribution is 0.794. The molecule has 2 aliphatic rings. The van der Waals surface area contributed by atoms with E-state index in [-0.39, 0.29) is 5.92 Å². The van der Waals surface area contributed by atoms with E-state index >= 15 is 0 Å². The van der Waals surface area contributed by atoms with Gasteiger partial charge in [0.25, 0.3) is 0 Å². The Hall–Kier alpha value is -7.09. The fourth-order valence-corrected chi connectivity index (χ4v) is 10.4. The van der Waals surface area contributed by atoms with E-state index in [2.05, 4.69) is 235 Å². The Morgan fingerprint density at radius 2 is 1.18 bits per heavy atom. The van der Waals surface area contributed by atoms with Gasteiger partial charge in [-0.3, -0.25) is 0 Å². The van der Waals surface area contributed by atoms with Gasteiger partial charge in [-0.05, 0) is 128 Å². The highest BCUT2D eigenvalue weighted by molar-refractivity contribution is 6.17. The maximum absolute atomic E-state index is 5.79. The summed E-state index contributed by atoms with van der Waals surface area (Å²) >= 11 is 0. The van der Waals surface area contributed by atoms with E-state index in [9.17, 15) is 0 Å². The molecule has 0 saturated carbocycles. The summed E-state index contributed by atoms with van der Waals surface area (Å²) in [5, 5.41) is 2.51. The minimum absolute atomic E-state index is 0.201. The van der Waals surface area contributed by atoms with Crippen LogP contribution in [0.4, 0.5) is 0 Å². The second-order valence-corrected chi connectivity index (χ2v) is 16.7. The van der Waals surface area contributed by atoms with Crippen molar-refractivity contribution in [3.05, 3.63) is 250 Å². The van der Waals surface area contributed by atoms with Crippen LogP contribution in [-0.4, -0.2) is 5.71 Å². The van der Waals surface area contributed by atoms with Crippen molar-refractivity contribution in [3.63, 3.8) is 0 Å². The van der Waals surface area contributed by atoms with Gasteiger partial charge in [-0.2, -0.15) is 0 Å². The van der Waals surface area contributed by atoms with Gasteiger partial charge in [0.15, 0.2) is 0 Å². The molecule has 0 heterocycles. The zero-order valence-corrected chi connectivity index (χ0v) is 35.6. The third-order valence-electron chi connectivity index (χ3n) is 12.9. The van der Waals surface area contributed by atoms with Gasteiger partial charge in [-0.25, -0.2) is 4.99 Å². The molecule has 0 saturated heterocycles. The highest BCUT2D eigenvalue weighted by Gasteiger charge is 2.52. The van der Waals surface area contributed by atoms with Gasteiger partial charge in [-0.15, -0.1) is 0 Å². The molecule has 0 aromatic heterocycles. The van der Waals surface area contributed by atoms with Gasteiger partial charge in [0, 0.05) is 16.7 Å². The molecule has 1 spiro atoms. The molecule has 0 fully saturated rings. The van der Waals surface area contributed by atoms with Crippen molar-refractivity contribution < 1.29 is 0 Å². The van der Waals surface area contributed by atoms with Crippen molar-refractivity contribution in [1.29, 1.82) is 0 Å². The van der Waals surface area contributed by atoms with Gasteiger partial charge in [0.1, 0.15) is 0 Å². The normalized spacial score (nSPS) is 14.0. The first-order valence-electron chi connectivity index (χ1n) is 21.7. The fourth-order valence-electron chi connectivity index (χ4n) is 10.4. The number of aliphatic imine (C=N–C) groups is 1. The molecule has 61 heavy (non-hydrogen) atoms. The van der Waals surface area contributed by atoms with Crippen molar-refractivity contribution in [2.75, 3.05) is 0 Å². The lowest BCUT2D eigenvalue weighted by atomic mass is 9.70. The third kappa shape index (κ3) is 6.02. The van der Waals surface area contributed by atoms with Crippen LogP contribution in [-0.2, 0) is 5.41 Å². The highest BCUT2D eigenvalue weighted by atomic mass is 14.8. The first kappa shape index (κ1) is 38.1. The third-order valence-corrected chi connectivity index (χ3v) is 12.9. The lowest BCUT2D eigenvalue weighted by Crippen LogP contribution is -2.25. The number of allylic oxidation sites excluding steroid dienone is 4. The van der Waals surface area contributed by atoms with E-state index in [4.69, 9.17) is 4.99 Å². The van der Waals surface area contributed by atoms with Gasteiger partial charge in [0.05, 0.1) is 16.8 Å². The number of hydrogen-bond donors (Lipinski definition) is 0. The first-order valence-corrected chi connectivity index (χ1v) is 21.7. The number of hydrogen-bond acceptors (Lipinski definition) is 1. The van der Waals surface area contributed by atoms with E-state index in [1.165, 1.54) is 83.1 Å². The van der Waals surface area contributed by atoms with E-state index in [0.29, 0.717) is 0 Å². The Labute approximate surface area is 360 Å². The molecule has 10 rings (SSSR count). The Kier molecular flexibility index (Phi) is 9.69. The van der Waals surface area contributed by atoms with Gasteiger partial charge >= 0.3 is 0 Å². The van der Waals surface area contributed by atoms with Crippen LogP contribution in [0.1, 0.15) is 89.2 Å². The van der Waals surface area contributed by atoms with E-state index in [0.717, 1.165) is 28.1 Å². The molecular formula is C60H49N. The molecule has 0 atom stereocenters. The number of fused-ring (bicyclic) bond motifs is 12. The molecule has 0 aliphatic heterocycles. The Morgan fingerprint density at radius 1 is 0.557 bits per heavy atom. The topological polar surface area (TPSA) is 12.4 Å². The summed E-state index contributed by atoms with van der Waals surface area (Å²) in [7, 11) is 0. The summed E-state index contributed by atoms with van der Waals surface area (Å²) in [6, 6.07) is 62.6. The molecule has 8 aromatic carbocycles. The summed E-state index contributed by atoms with van der Waals surface area (Å²) in [5.41, 5.74) is 21.7. The molecule has 1 heteroatoms. The first-order chi connectivity index (χ1) is 29.9. The van der Waals surface area contributed by atoms with Crippen LogP contribution in [0.3, 0.4) is 0 Å². The number of aryl methyl sites for hydroxylation is 1. The minimum atomic E-state index is -0.408. The molecule has 0 unspecified atom stereocenters. The predicted octanol–water partition coefficient (Wildman–Crippen LogP) is 15.8. The number of benzene rings is 8. The van der Waals surface area contributed by atoms with E-state index in [1.807, 2.05) is 0 Å². The molecular weight excluding hydrogens is 735 g/mol. The monoisotopic (exact) mass is 783 g/mol. The molecule has 0 N–H and O–H groups in total. The maximum atomic E-state index is 5.79. The van der Waals surface area contributed by atoms with E-state index in [1.54, 1.807) is 0 Å². The van der Waals surface area contributed by atoms with Crippen LogP contribution in [0.25, 0.3) is 55.9 Å². The molecule has 2 aliphatic carbocycles. The Balaban J connectivity index is 1.27. The molecule has 0 bridgehead atoms. The molecule has 8 aromatic rings. The average Bonchev–Trinajstić information content (AvgIpc) is 3.77. The zero-order valence-electron chi connectivity index (χ0n) is 35.6. The summed E-state index contributed by atoms with van der Waals surface area (Å²) in [4.78, 5) is 5.79. The lowest BCUT2D eigenvalue weighted by Gasteiger charge is -2.30. The van der Waals surface area contributed by atoms with Crippen LogP contribution in [0.15, 0.2) is 199 Å². The quantitative estimate of drug-likeness (QED) is 0.108. The number of rotatable bonds is 8. The smallest absolute Gasteiger partial charge is 0.0784 e. The molecule has 1 nitrogen and oxygen atoms in total. The van der Waals surface area contributed by atoms with Gasteiger partial charge in [-0.1, -0.05) is 196 Å². The van der Waals surface area contributed by atoms with Crippen LogP contribution >= 0.6 is 0 Å². The van der Waals surface area contributed by atoms with Crippen LogP contribution in [0, 0.1) is 6.92 Å². The van der Waals surface area contributed by atoms with Gasteiger partial charge < -0.3 is 0 Å². The fraction of sp³-hybridized carbons (Fsp3) is 0.117. The van der Waals surface area contributed by atoms with Crippen molar-refractivity contribution in [3.8, 4) is 33.4 Å². The molecule has 0 radical (unpaired) electrons. The second-order valence-electron chi connectivity index (χ2n) is 16.7. The van der Waals surface area contributed by atoms with Crippen molar-refractivity contribution in [1.82, 2.24) is 0 Å². The summed E-state index contributed by atoms with van der Waals surface area (Å²) in [6.45, 7) is 11.1. The van der Waals surface area contributed by atoms with Crippen LogP contribution in [0.5, 0.6) is 0 Å². The van der Waals surface area contributed by atoms with E-state index < -0.39 is 5.41 Å². The Morgan fingerprint density at radius 3 is 1.85 bits per heavy atom. The Bertz CT molecular complexity index is 3090. The summed E-state index contributed by atoms with van der Waals surface area (Å²) in [5.74, 6) is 0.201. The minimum Gasteiger partial charge on any atom is -0.247 e. The zero-order chi connectivity index (χ0) is 41.7. The van der Waals surface area contributed by atoms with Crippen molar-refractivity contribution in [2.24, 2.45) is 4.99 Å². The van der Waals surface area contributed by atoms with Crippen LogP contribution in [0.2, 0.25) is 0 Å². The average molecular weight is 784 g/mol. The summed E-state index contributed by atoms with van der Waals surface area (Å²) < 4.78 is 0.